The summed E-state index contributed by atoms with van der Waals surface area (Å²) in [6, 6.07) is 7.36. The van der Waals surface area contributed by atoms with E-state index in [1.807, 2.05) is 25.1 Å². The van der Waals surface area contributed by atoms with Gasteiger partial charge in [0.25, 0.3) is 0 Å². The third-order valence-electron chi connectivity index (χ3n) is 3.49. The van der Waals surface area contributed by atoms with E-state index in [4.69, 9.17) is 0 Å². The van der Waals surface area contributed by atoms with Crippen LogP contribution in [0, 0.1) is 5.92 Å². The molecule has 1 saturated heterocycles. The summed E-state index contributed by atoms with van der Waals surface area (Å²) in [6.07, 6.45) is 1.68. The molecule has 3 heteroatoms. The van der Waals surface area contributed by atoms with Crippen LogP contribution in [0.25, 0.3) is 0 Å². The van der Waals surface area contributed by atoms with Crippen molar-refractivity contribution in [1.82, 2.24) is 5.32 Å². The molecule has 0 spiro atoms. The Morgan fingerprint density at radius 2 is 2.19 bits per heavy atom. The standard InChI is InChI=1S/C13H19NO2/c1-13(16)9-14-7-6-11(13)8-10-4-2-3-5-12(10)15/h2-5,11,14-16H,6-9H2,1H3. The van der Waals surface area contributed by atoms with E-state index in [1.165, 1.54) is 0 Å². The molecule has 0 radical (unpaired) electrons. The summed E-state index contributed by atoms with van der Waals surface area (Å²) in [5.74, 6) is 0.541. The minimum Gasteiger partial charge on any atom is -0.508 e. The second-order valence-electron chi connectivity index (χ2n) is 4.85. The van der Waals surface area contributed by atoms with Gasteiger partial charge >= 0.3 is 0 Å². The lowest BCUT2D eigenvalue weighted by atomic mass is 9.79. The van der Waals surface area contributed by atoms with E-state index in [9.17, 15) is 10.2 Å². The molecule has 88 valence electrons. The SMILES string of the molecule is CC1(O)CNCCC1Cc1ccccc1O. The molecule has 1 aliphatic heterocycles. The van der Waals surface area contributed by atoms with Gasteiger partial charge in [0.15, 0.2) is 0 Å². The Morgan fingerprint density at radius 3 is 2.88 bits per heavy atom. The maximum atomic E-state index is 10.2. The van der Waals surface area contributed by atoms with Crippen molar-refractivity contribution >= 4 is 0 Å². The summed E-state index contributed by atoms with van der Waals surface area (Å²) < 4.78 is 0. The number of piperidine rings is 1. The van der Waals surface area contributed by atoms with E-state index < -0.39 is 5.60 Å². The van der Waals surface area contributed by atoms with Crippen LogP contribution < -0.4 is 5.32 Å². The molecule has 1 aromatic rings. The first-order chi connectivity index (χ1) is 7.59. The van der Waals surface area contributed by atoms with E-state index in [0.29, 0.717) is 12.3 Å². The molecular formula is C13H19NO2. The Hall–Kier alpha value is -1.06. The first-order valence-electron chi connectivity index (χ1n) is 5.79. The zero-order valence-electron chi connectivity index (χ0n) is 9.61. The van der Waals surface area contributed by atoms with Gasteiger partial charge in [-0.25, -0.2) is 0 Å². The highest BCUT2D eigenvalue weighted by molar-refractivity contribution is 5.32. The van der Waals surface area contributed by atoms with Crippen LogP contribution in [0.5, 0.6) is 5.75 Å². The number of aliphatic hydroxyl groups is 1. The van der Waals surface area contributed by atoms with Crippen LogP contribution >= 0.6 is 0 Å². The van der Waals surface area contributed by atoms with Gasteiger partial charge in [0.2, 0.25) is 0 Å². The highest BCUT2D eigenvalue weighted by atomic mass is 16.3. The molecule has 1 heterocycles. The minimum atomic E-state index is -0.680. The van der Waals surface area contributed by atoms with E-state index in [0.717, 1.165) is 24.9 Å². The number of hydrogen-bond acceptors (Lipinski definition) is 3. The summed E-state index contributed by atoms with van der Waals surface area (Å²) in [7, 11) is 0. The lowest BCUT2D eigenvalue weighted by molar-refractivity contribution is -0.0193. The topological polar surface area (TPSA) is 52.5 Å². The summed E-state index contributed by atoms with van der Waals surface area (Å²) in [5, 5.41) is 23.1. The van der Waals surface area contributed by atoms with E-state index in [1.54, 1.807) is 6.07 Å². The molecule has 16 heavy (non-hydrogen) atoms. The molecule has 3 nitrogen and oxygen atoms in total. The predicted molar refractivity (Wildman–Crippen MR) is 63.4 cm³/mol. The van der Waals surface area contributed by atoms with Crippen molar-refractivity contribution in [1.29, 1.82) is 0 Å². The van der Waals surface area contributed by atoms with E-state index in [-0.39, 0.29) is 5.92 Å². The zero-order valence-corrected chi connectivity index (χ0v) is 9.61. The first-order valence-corrected chi connectivity index (χ1v) is 5.79. The second kappa shape index (κ2) is 4.44. The number of phenols is 1. The Labute approximate surface area is 96.1 Å². The highest BCUT2D eigenvalue weighted by Crippen LogP contribution is 2.29. The van der Waals surface area contributed by atoms with Crippen molar-refractivity contribution in [3.8, 4) is 5.75 Å². The summed E-state index contributed by atoms with van der Waals surface area (Å²) in [5.41, 5.74) is 0.246. The Bertz CT molecular complexity index is 363. The van der Waals surface area contributed by atoms with Crippen molar-refractivity contribution in [3.63, 3.8) is 0 Å². The fourth-order valence-corrected chi connectivity index (χ4v) is 2.34. The molecule has 1 aromatic carbocycles. The first kappa shape index (κ1) is 11.4. The molecule has 2 unspecified atom stereocenters. The number of β-amino-alcohol motifs (C(OH)–C–C–N with tert-alkyl or cyclic N) is 1. The van der Waals surface area contributed by atoms with Gasteiger partial charge in [0.05, 0.1) is 5.60 Å². The van der Waals surface area contributed by atoms with Crippen LogP contribution in [-0.4, -0.2) is 28.9 Å². The van der Waals surface area contributed by atoms with Gasteiger partial charge in [-0.05, 0) is 43.9 Å². The summed E-state index contributed by atoms with van der Waals surface area (Å²) in [6.45, 7) is 3.43. The largest absolute Gasteiger partial charge is 0.508 e. The molecule has 0 bridgehead atoms. The van der Waals surface area contributed by atoms with Crippen molar-refractivity contribution in [2.45, 2.75) is 25.4 Å². The Kier molecular flexibility index (Phi) is 3.17. The fraction of sp³-hybridized carbons (Fsp3) is 0.538. The lowest BCUT2D eigenvalue weighted by Gasteiger charge is -2.37. The summed E-state index contributed by atoms with van der Waals surface area (Å²) >= 11 is 0. The number of nitrogens with one attached hydrogen (secondary N) is 1. The van der Waals surface area contributed by atoms with Gasteiger partial charge < -0.3 is 15.5 Å². The number of hydrogen-bond donors (Lipinski definition) is 3. The maximum Gasteiger partial charge on any atom is 0.118 e. The molecule has 0 aliphatic carbocycles. The molecule has 3 N–H and O–H groups in total. The average molecular weight is 221 g/mol. The second-order valence-corrected chi connectivity index (χ2v) is 4.85. The number of para-hydroxylation sites is 1. The fourth-order valence-electron chi connectivity index (χ4n) is 2.34. The number of rotatable bonds is 2. The van der Waals surface area contributed by atoms with Crippen LogP contribution in [-0.2, 0) is 6.42 Å². The van der Waals surface area contributed by atoms with Crippen LogP contribution in [0.1, 0.15) is 18.9 Å². The third-order valence-corrected chi connectivity index (χ3v) is 3.49. The smallest absolute Gasteiger partial charge is 0.118 e. The van der Waals surface area contributed by atoms with Gasteiger partial charge in [0.1, 0.15) is 5.75 Å². The highest BCUT2D eigenvalue weighted by Gasteiger charge is 2.34. The molecular weight excluding hydrogens is 202 g/mol. The normalized spacial score (nSPS) is 30.2. The molecule has 0 amide bonds. The van der Waals surface area contributed by atoms with Crippen molar-refractivity contribution in [3.05, 3.63) is 29.8 Å². The van der Waals surface area contributed by atoms with Crippen LogP contribution in [0.4, 0.5) is 0 Å². The van der Waals surface area contributed by atoms with Crippen LogP contribution in [0.3, 0.4) is 0 Å². The van der Waals surface area contributed by atoms with E-state index in [2.05, 4.69) is 5.32 Å². The molecule has 2 rings (SSSR count). The van der Waals surface area contributed by atoms with Crippen molar-refractivity contribution in [2.24, 2.45) is 5.92 Å². The lowest BCUT2D eigenvalue weighted by Crippen LogP contribution is -2.50. The maximum absolute atomic E-state index is 10.2. The van der Waals surface area contributed by atoms with Crippen molar-refractivity contribution in [2.75, 3.05) is 13.1 Å². The molecule has 2 atom stereocenters. The number of benzene rings is 1. The van der Waals surface area contributed by atoms with E-state index >= 15 is 0 Å². The third kappa shape index (κ3) is 2.36. The number of aromatic hydroxyl groups is 1. The molecule has 0 aromatic heterocycles. The van der Waals surface area contributed by atoms with Crippen molar-refractivity contribution < 1.29 is 10.2 Å². The van der Waals surface area contributed by atoms with Crippen LogP contribution in [0.15, 0.2) is 24.3 Å². The van der Waals surface area contributed by atoms with Gasteiger partial charge in [-0.15, -0.1) is 0 Å². The Balaban J connectivity index is 2.12. The van der Waals surface area contributed by atoms with Gasteiger partial charge in [-0.3, -0.25) is 0 Å². The Morgan fingerprint density at radius 1 is 1.44 bits per heavy atom. The van der Waals surface area contributed by atoms with Crippen LogP contribution in [0.2, 0.25) is 0 Å². The zero-order chi connectivity index (χ0) is 11.6. The molecule has 1 aliphatic rings. The average Bonchev–Trinajstić information content (AvgIpc) is 2.24. The molecule has 1 fully saturated rings. The minimum absolute atomic E-state index is 0.210. The molecule has 0 saturated carbocycles. The monoisotopic (exact) mass is 221 g/mol. The van der Waals surface area contributed by atoms with Gasteiger partial charge in [-0.1, -0.05) is 18.2 Å². The van der Waals surface area contributed by atoms with Gasteiger partial charge in [-0.2, -0.15) is 0 Å². The number of phenolic OH excluding ortho intramolecular Hbond substituents is 1. The quantitative estimate of drug-likeness (QED) is 0.705. The predicted octanol–water partition coefficient (Wildman–Crippen LogP) is 1.30. The summed E-state index contributed by atoms with van der Waals surface area (Å²) in [4.78, 5) is 0. The van der Waals surface area contributed by atoms with Gasteiger partial charge in [0, 0.05) is 6.54 Å².